The molecule has 0 amide bonds. The van der Waals surface area contributed by atoms with Crippen molar-refractivity contribution in [1.82, 2.24) is 0 Å². The van der Waals surface area contributed by atoms with Crippen molar-refractivity contribution in [3.63, 3.8) is 0 Å². The van der Waals surface area contributed by atoms with Crippen LogP contribution in [0.4, 0.5) is 5.69 Å². The molecule has 21 heavy (non-hydrogen) atoms. The Morgan fingerprint density at radius 3 is 1.62 bits per heavy atom. The highest BCUT2D eigenvalue weighted by Crippen LogP contribution is 2.15. The van der Waals surface area contributed by atoms with Gasteiger partial charge in [0.2, 0.25) is 0 Å². The quantitative estimate of drug-likeness (QED) is 0.635. The van der Waals surface area contributed by atoms with E-state index >= 15 is 0 Å². The fourth-order valence-electron chi connectivity index (χ4n) is 2.20. The Kier molecular flexibility index (Phi) is 4.33. The molecule has 2 nitrogen and oxygen atoms in total. The molecule has 0 N–H and O–H groups in total. The molecule has 3 heteroatoms. The van der Waals surface area contributed by atoms with Crippen LogP contribution in [0.2, 0.25) is 19.6 Å². The van der Waals surface area contributed by atoms with Gasteiger partial charge in [-0.05, 0) is 24.3 Å². The Morgan fingerprint density at radius 1 is 0.810 bits per heavy atom. The lowest BCUT2D eigenvalue weighted by Crippen LogP contribution is -2.37. The Bertz CT molecular complexity index is 622. The number of nitrogens with zero attached hydrogens (tertiary/aromatic N) is 1. The Balaban J connectivity index is 2.23. The van der Waals surface area contributed by atoms with E-state index in [4.69, 9.17) is 0 Å². The second-order valence-electron chi connectivity index (χ2n) is 6.60. The van der Waals surface area contributed by atoms with E-state index in [1.165, 1.54) is 5.19 Å². The maximum atomic E-state index is 12.5. The predicted molar refractivity (Wildman–Crippen MR) is 93.6 cm³/mol. The van der Waals surface area contributed by atoms with Crippen LogP contribution in [0.3, 0.4) is 0 Å². The summed E-state index contributed by atoms with van der Waals surface area (Å²) in [6.07, 6.45) is 0. The van der Waals surface area contributed by atoms with E-state index in [9.17, 15) is 4.79 Å². The van der Waals surface area contributed by atoms with Gasteiger partial charge in [0.1, 0.15) is 0 Å². The highest BCUT2D eigenvalue weighted by Gasteiger charge is 2.17. The first-order chi connectivity index (χ1) is 9.79. The van der Waals surface area contributed by atoms with Crippen LogP contribution in [0.25, 0.3) is 0 Å². The van der Waals surface area contributed by atoms with Gasteiger partial charge >= 0.3 is 0 Å². The first-order valence-electron chi connectivity index (χ1n) is 7.21. The lowest BCUT2D eigenvalue weighted by molar-refractivity contribution is 0.103. The first kappa shape index (κ1) is 15.5. The zero-order valence-corrected chi connectivity index (χ0v) is 14.5. The molecule has 2 rings (SSSR count). The van der Waals surface area contributed by atoms with Crippen molar-refractivity contribution in [1.29, 1.82) is 0 Å². The summed E-state index contributed by atoms with van der Waals surface area (Å²) in [6.45, 7) is 6.93. The van der Waals surface area contributed by atoms with E-state index in [0.717, 1.165) is 16.8 Å². The van der Waals surface area contributed by atoms with Crippen LogP contribution in [0.15, 0.2) is 48.5 Å². The standard InChI is InChI=1S/C18H23NOSi/c1-19(2)16-10-6-14(7-11-16)18(20)15-8-12-17(13-9-15)21(3,4)5/h6-13H,1-5H3. The zero-order valence-electron chi connectivity index (χ0n) is 13.5. The van der Waals surface area contributed by atoms with Crippen molar-refractivity contribution in [3.05, 3.63) is 59.7 Å². The highest BCUT2D eigenvalue weighted by molar-refractivity contribution is 6.88. The van der Waals surface area contributed by atoms with E-state index in [1.807, 2.05) is 55.4 Å². The molecule has 0 radical (unpaired) electrons. The Labute approximate surface area is 128 Å². The maximum Gasteiger partial charge on any atom is 0.193 e. The second-order valence-corrected chi connectivity index (χ2v) is 11.7. The molecule has 0 fully saturated rings. The molecule has 2 aromatic rings. The van der Waals surface area contributed by atoms with E-state index in [1.54, 1.807) is 0 Å². The summed E-state index contributed by atoms with van der Waals surface area (Å²) in [5, 5.41) is 1.38. The van der Waals surface area contributed by atoms with Crippen LogP contribution in [-0.4, -0.2) is 28.0 Å². The number of hydrogen-bond acceptors (Lipinski definition) is 2. The summed E-state index contributed by atoms with van der Waals surface area (Å²) in [5.74, 6) is 0.0856. The minimum Gasteiger partial charge on any atom is -0.378 e. The van der Waals surface area contributed by atoms with Crippen LogP contribution in [-0.2, 0) is 0 Å². The molecule has 0 spiro atoms. The summed E-state index contributed by atoms with van der Waals surface area (Å²) in [5.41, 5.74) is 2.59. The molecule has 0 bridgehead atoms. The molecule has 0 heterocycles. The average Bonchev–Trinajstić information content (AvgIpc) is 2.46. The lowest BCUT2D eigenvalue weighted by Gasteiger charge is -2.16. The third-order valence-electron chi connectivity index (χ3n) is 3.66. The summed E-state index contributed by atoms with van der Waals surface area (Å²) in [4.78, 5) is 14.5. The number of carbonyl (C=O) groups is 1. The van der Waals surface area contributed by atoms with Crippen molar-refractivity contribution in [2.45, 2.75) is 19.6 Å². The van der Waals surface area contributed by atoms with Crippen molar-refractivity contribution in [3.8, 4) is 0 Å². The fourth-order valence-corrected chi connectivity index (χ4v) is 3.37. The first-order valence-corrected chi connectivity index (χ1v) is 10.7. The van der Waals surface area contributed by atoms with Crippen LogP contribution >= 0.6 is 0 Å². The van der Waals surface area contributed by atoms with Gasteiger partial charge in [0.25, 0.3) is 0 Å². The topological polar surface area (TPSA) is 20.3 Å². The van der Waals surface area contributed by atoms with E-state index in [2.05, 4.69) is 31.8 Å². The van der Waals surface area contributed by atoms with Gasteiger partial charge < -0.3 is 4.90 Å². The number of benzene rings is 2. The van der Waals surface area contributed by atoms with E-state index in [-0.39, 0.29) is 5.78 Å². The number of anilines is 1. The van der Waals surface area contributed by atoms with Crippen molar-refractivity contribution < 1.29 is 4.79 Å². The minimum absolute atomic E-state index is 0.0856. The van der Waals surface area contributed by atoms with E-state index in [0.29, 0.717) is 0 Å². The number of hydrogen-bond donors (Lipinski definition) is 0. The minimum atomic E-state index is -1.31. The Hall–Kier alpha value is -1.87. The van der Waals surface area contributed by atoms with Crippen LogP contribution in [0.5, 0.6) is 0 Å². The third kappa shape index (κ3) is 3.61. The normalized spacial score (nSPS) is 11.3. The van der Waals surface area contributed by atoms with Crippen molar-refractivity contribution in [2.24, 2.45) is 0 Å². The highest BCUT2D eigenvalue weighted by atomic mass is 28.3. The molecule has 110 valence electrons. The number of ketones is 1. The van der Waals surface area contributed by atoms with Crippen LogP contribution < -0.4 is 10.1 Å². The van der Waals surface area contributed by atoms with Crippen molar-refractivity contribution in [2.75, 3.05) is 19.0 Å². The summed E-state index contributed by atoms with van der Waals surface area (Å²) in [7, 11) is 2.68. The smallest absolute Gasteiger partial charge is 0.193 e. The van der Waals surface area contributed by atoms with Crippen LogP contribution in [0.1, 0.15) is 15.9 Å². The average molecular weight is 297 g/mol. The van der Waals surface area contributed by atoms with Gasteiger partial charge in [0.05, 0.1) is 8.07 Å². The number of carbonyl (C=O) groups excluding carboxylic acids is 1. The molecular formula is C18H23NOSi. The lowest BCUT2D eigenvalue weighted by atomic mass is 10.0. The molecule has 0 saturated heterocycles. The monoisotopic (exact) mass is 297 g/mol. The number of rotatable bonds is 4. The molecule has 0 aliphatic heterocycles. The molecule has 0 aliphatic rings. The van der Waals surface area contributed by atoms with Crippen LogP contribution in [0, 0.1) is 0 Å². The van der Waals surface area contributed by atoms with Gasteiger partial charge in [-0.2, -0.15) is 0 Å². The van der Waals surface area contributed by atoms with Crippen molar-refractivity contribution >= 4 is 24.7 Å². The van der Waals surface area contributed by atoms with E-state index < -0.39 is 8.07 Å². The summed E-state index contributed by atoms with van der Waals surface area (Å²) >= 11 is 0. The largest absolute Gasteiger partial charge is 0.378 e. The van der Waals surface area contributed by atoms with Gasteiger partial charge in [0, 0.05) is 30.9 Å². The molecule has 0 unspecified atom stereocenters. The van der Waals surface area contributed by atoms with Gasteiger partial charge in [-0.3, -0.25) is 4.79 Å². The summed E-state index contributed by atoms with van der Waals surface area (Å²) < 4.78 is 0. The molecule has 0 aromatic heterocycles. The van der Waals surface area contributed by atoms with Gasteiger partial charge in [-0.1, -0.05) is 49.1 Å². The molecule has 0 saturated carbocycles. The summed E-state index contributed by atoms with van der Waals surface area (Å²) in [6, 6.07) is 15.9. The SMILES string of the molecule is CN(C)c1ccc(C(=O)c2ccc([Si](C)(C)C)cc2)cc1. The zero-order chi connectivity index (χ0) is 15.6. The maximum absolute atomic E-state index is 12.5. The molecular weight excluding hydrogens is 274 g/mol. The second kappa shape index (κ2) is 5.86. The third-order valence-corrected chi connectivity index (χ3v) is 5.72. The Morgan fingerprint density at radius 2 is 1.24 bits per heavy atom. The van der Waals surface area contributed by atoms with Gasteiger partial charge in [0.15, 0.2) is 5.78 Å². The fraction of sp³-hybridized carbons (Fsp3) is 0.278. The molecule has 2 aromatic carbocycles. The molecule has 0 atom stereocenters. The molecule has 0 aliphatic carbocycles. The van der Waals surface area contributed by atoms with Gasteiger partial charge in [-0.25, -0.2) is 0 Å². The predicted octanol–water partition coefficient (Wildman–Crippen LogP) is 3.53. The van der Waals surface area contributed by atoms with Gasteiger partial charge in [-0.15, -0.1) is 0 Å².